The second-order valence-corrected chi connectivity index (χ2v) is 7.08. The first-order valence-electron chi connectivity index (χ1n) is 8.56. The first-order chi connectivity index (χ1) is 12.7. The summed E-state index contributed by atoms with van der Waals surface area (Å²) in [5.41, 5.74) is 3.25. The maximum absolute atomic E-state index is 11.0. The maximum Gasteiger partial charge on any atom is 0.307 e. The van der Waals surface area contributed by atoms with Gasteiger partial charge in [0.1, 0.15) is 0 Å². The summed E-state index contributed by atoms with van der Waals surface area (Å²) in [5.74, 6) is -0.809. The number of benzene rings is 3. The van der Waals surface area contributed by atoms with Crippen molar-refractivity contribution in [2.24, 2.45) is 0 Å². The molecule has 0 amide bonds. The molecule has 4 heteroatoms. The lowest BCUT2D eigenvalue weighted by Gasteiger charge is -2.09. The lowest BCUT2D eigenvalue weighted by molar-refractivity contribution is -0.136. The summed E-state index contributed by atoms with van der Waals surface area (Å²) in [6, 6.07) is 26.3. The van der Waals surface area contributed by atoms with Gasteiger partial charge in [-0.25, -0.2) is 0 Å². The fourth-order valence-corrected chi connectivity index (χ4v) is 3.62. The Hall–Kier alpha value is -2.72. The zero-order valence-electron chi connectivity index (χ0n) is 14.4. The molecule has 26 heavy (non-hydrogen) atoms. The number of carbonyl (C=O) groups is 1. The summed E-state index contributed by atoms with van der Waals surface area (Å²) < 4.78 is 0. The van der Waals surface area contributed by atoms with Crippen LogP contribution in [0.3, 0.4) is 0 Å². The molecule has 0 saturated carbocycles. The second kappa shape index (κ2) is 9.11. The molecule has 3 nitrogen and oxygen atoms in total. The van der Waals surface area contributed by atoms with E-state index in [0.29, 0.717) is 0 Å². The minimum atomic E-state index is -0.809. The van der Waals surface area contributed by atoms with Crippen LogP contribution in [0.15, 0.2) is 88.7 Å². The van der Waals surface area contributed by atoms with Crippen LogP contribution in [-0.4, -0.2) is 17.6 Å². The van der Waals surface area contributed by atoms with Crippen molar-refractivity contribution < 1.29 is 9.90 Å². The van der Waals surface area contributed by atoms with Gasteiger partial charge in [-0.3, -0.25) is 4.79 Å². The van der Waals surface area contributed by atoms with Gasteiger partial charge in [0.15, 0.2) is 0 Å². The fraction of sp³-hybridized carbons (Fsp3) is 0.136. The highest BCUT2D eigenvalue weighted by Gasteiger charge is 2.07. The largest absolute Gasteiger partial charge is 0.481 e. The van der Waals surface area contributed by atoms with Gasteiger partial charge in [0.25, 0.3) is 0 Å². The minimum Gasteiger partial charge on any atom is -0.481 e. The van der Waals surface area contributed by atoms with Crippen LogP contribution in [0.5, 0.6) is 0 Å². The Morgan fingerprint density at radius 2 is 1.58 bits per heavy atom. The summed E-state index contributed by atoms with van der Waals surface area (Å²) in [6.07, 6.45) is 1.03. The van der Waals surface area contributed by atoms with Gasteiger partial charge in [0.05, 0.1) is 6.42 Å². The van der Waals surface area contributed by atoms with Gasteiger partial charge in [0.2, 0.25) is 0 Å². The topological polar surface area (TPSA) is 49.3 Å². The van der Waals surface area contributed by atoms with E-state index < -0.39 is 5.97 Å². The van der Waals surface area contributed by atoms with E-state index in [2.05, 4.69) is 53.8 Å². The van der Waals surface area contributed by atoms with Crippen molar-refractivity contribution in [3.05, 3.63) is 90.0 Å². The molecule has 0 saturated heterocycles. The molecule has 0 bridgehead atoms. The van der Waals surface area contributed by atoms with Gasteiger partial charge in [-0.15, -0.1) is 0 Å². The zero-order valence-corrected chi connectivity index (χ0v) is 15.2. The molecule has 0 aliphatic rings. The maximum atomic E-state index is 11.0. The van der Waals surface area contributed by atoms with Crippen molar-refractivity contribution in [2.75, 3.05) is 11.9 Å². The molecule has 0 heterocycles. The second-order valence-electron chi connectivity index (χ2n) is 5.97. The van der Waals surface area contributed by atoms with Crippen molar-refractivity contribution in [1.29, 1.82) is 0 Å². The van der Waals surface area contributed by atoms with E-state index in [-0.39, 0.29) is 6.42 Å². The predicted molar refractivity (Wildman–Crippen MR) is 107 cm³/mol. The van der Waals surface area contributed by atoms with Gasteiger partial charge >= 0.3 is 5.97 Å². The number of carboxylic acids is 1. The molecule has 3 aromatic rings. The molecule has 0 aliphatic heterocycles. The predicted octanol–water partition coefficient (Wildman–Crippen LogP) is 5.12. The first kappa shape index (κ1) is 18.1. The monoisotopic (exact) mass is 363 g/mol. The first-order valence-corrected chi connectivity index (χ1v) is 9.38. The van der Waals surface area contributed by atoms with Crippen LogP contribution in [0.2, 0.25) is 0 Å². The summed E-state index contributed by atoms with van der Waals surface area (Å²) in [4.78, 5) is 13.1. The molecule has 0 fully saturated rings. The van der Waals surface area contributed by atoms with E-state index in [1.54, 1.807) is 11.8 Å². The SMILES string of the molecule is O=C(O)Cc1ccccc1Sc1ccc(NCCc2ccccc2)cc1. The third kappa shape index (κ3) is 5.39. The number of hydrogen-bond acceptors (Lipinski definition) is 3. The Morgan fingerprint density at radius 3 is 2.31 bits per heavy atom. The Balaban J connectivity index is 1.57. The molecule has 3 aromatic carbocycles. The van der Waals surface area contributed by atoms with E-state index in [9.17, 15) is 4.79 Å². The lowest BCUT2D eigenvalue weighted by Crippen LogP contribution is -2.04. The van der Waals surface area contributed by atoms with Gasteiger partial charge < -0.3 is 10.4 Å². The van der Waals surface area contributed by atoms with Crippen LogP contribution in [0, 0.1) is 0 Å². The normalized spacial score (nSPS) is 10.5. The molecular weight excluding hydrogens is 342 g/mol. The van der Waals surface area contributed by atoms with Crippen molar-refractivity contribution in [3.8, 4) is 0 Å². The summed E-state index contributed by atoms with van der Waals surface area (Å²) >= 11 is 1.59. The zero-order chi connectivity index (χ0) is 18.2. The van der Waals surface area contributed by atoms with E-state index in [1.807, 2.05) is 30.3 Å². The van der Waals surface area contributed by atoms with Crippen LogP contribution in [0.25, 0.3) is 0 Å². The van der Waals surface area contributed by atoms with Gasteiger partial charge in [-0.05, 0) is 47.9 Å². The molecule has 0 unspecified atom stereocenters. The average molecular weight is 363 g/mol. The fourth-order valence-electron chi connectivity index (χ4n) is 2.68. The quantitative estimate of drug-likeness (QED) is 0.583. The van der Waals surface area contributed by atoms with Crippen LogP contribution in [0.1, 0.15) is 11.1 Å². The third-order valence-corrected chi connectivity index (χ3v) is 5.11. The molecule has 0 atom stereocenters. The van der Waals surface area contributed by atoms with E-state index in [1.165, 1.54) is 5.56 Å². The average Bonchev–Trinajstić information content (AvgIpc) is 2.65. The number of rotatable bonds is 8. The van der Waals surface area contributed by atoms with Crippen molar-refractivity contribution in [1.82, 2.24) is 0 Å². The van der Waals surface area contributed by atoms with Crippen molar-refractivity contribution >= 4 is 23.4 Å². The van der Waals surface area contributed by atoms with Gasteiger partial charge in [-0.2, -0.15) is 0 Å². The molecule has 0 spiro atoms. The summed E-state index contributed by atoms with van der Waals surface area (Å²) in [7, 11) is 0. The highest BCUT2D eigenvalue weighted by molar-refractivity contribution is 7.99. The summed E-state index contributed by atoms with van der Waals surface area (Å²) in [5, 5.41) is 12.5. The Kier molecular flexibility index (Phi) is 6.34. The molecule has 0 radical (unpaired) electrons. The smallest absolute Gasteiger partial charge is 0.307 e. The lowest BCUT2D eigenvalue weighted by atomic mass is 10.1. The summed E-state index contributed by atoms with van der Waals surface area (Å²) in [6.45, 7) is 0.887. The minimum absolute atomic E-state index is 0.0439. The van der Waals surface area contributed by atoms with Crippen molar-refractivity contribution in [3.63, 3.8) is 0 Å². The Morgan fingerprint density at radius 1 is 0.885 bits per heavy atom. The number of carboxylic acid groups (broad SMARTS) is 1. The number of nitrogens with one attached hydrogen (secondary N) is 1. The Bertz CT molecular complexity index is 848. The molecule has 0 aliphatic carbocycles. The van der Waals surface area contributed by atoms with Crippen LogP contribution in [-0.2, 0) is 17.6 Å². The van der Waals surface area contributed by atoms with E-state index >= 15 is 0 Å². The number of hydrogen-bond donors (Lipinski definition) is 2. The highest BCUT2D eigenvalue weighted by atomic mass is 32.2. The van der Waals surface area contributed by atoms with E-state index in [4.69, 9.17) is 5.11 Å². The third-order valence-electron chi connectivity index (χ3n) is 3.98. The molecule has 132 valence electrons. The van der Waals surface area contributed by atoms with Crippen molar-refractivity contribution in [2.45, 2.75) is 22.6 Å². The molecule has 2 N–H and O–H groups in total. The van der Waals surface area contributed by atoms with E-state index in [0.717, 1.165) is 34.0 Å². The molecule has 3 rings (SSSR count). The van der Waals surface area contributed by atoms with Crippen LogP contribution < -0.4 is 5.32 Å². The van der Waals surface area contributed by atoms with Gasteiger partial charge in [-0.1, -0.05) is 60.3 Å². The van der Waals surface area contributed by atoms with Crippen LogP contribution >= 0.6 is 11.8 Å². The molecule has 0 aromatic heterocycles. The number of aliphatic carboxylic acids is 1. The molecular formula is C22H21NO2S. The standard InChI is InChI=1S/C22H21NO2S/c24-22(25)16-18-8-4-5-9-21(18)26-20-12-10-19(11-13-20)23-15-14-17-6-2-1-3-7-17/h1-13,23H,14-16H2,(H,24,25). The van der Waals surface area contributed by atoms with Crippen LogP contribution in [0.4, 0.5) is 5.69 Å². The number of anilines is 1. The van der Waals surface area contributed by atoms with Gasteiger partial charge in [0, 0.05) is 22.0 Å². The highest BCUT2D eigenvalue weighted by Crippen LogP contribution is 2.31. The Labute approximate surface area is 158 Å².